The van der Waals surface area contributed by atoms with Gasteiger partial charge in [-0.05, 0) is 54.4 Å². The SMILES string of the molecule is CCN(CC)C(=O)/C=C(/C)NCCCCN/C(C)=C\C(=O)N(CC)CC. The van der Waals surface area contributed by atoms with Crippen molar-refractivity contribution in [3.05, 3.63) is 23.5 Å². The lowest BCUT2D eigenvalue weighted by Crippen LogP contribution is -2.30. The third-order valence-corrected chi connectivity index (χ3v) is 4.24. The average Bonchev–Trinajstić information content (AvgIpc) is 2.60. The molecule has 0 rings (SSSR count). The summed E-state index contributed by atoms with van der Waals surface area (Å²) in [7, 11) is 0. The first-order valence-electron chi connectivity index (χ1n) is 9.81. The van der Waals surface area contributed by atoms with Crippen molar-refractivity contribution >= 4 is 11.8 Å². The summed E-state index contributed by atoms with van der Waals surface area (Å²) in [5.74, 6) is 0.112. The second kappa shape index (κ2) is 14.2. The van der Waals surface area contributed by atoms with E-state index in [-0.39, 0.29) is 11.8 Å². The summed E-state index contributed by atoms with van der Waals surface area (Å²) in [6.07, 6.45) is 5.32. The van der Waals surface area contributed by atoms with Gasteiger partial charge < -0.3 is 20.4 Å². The molecule has 26 heavy (non-hydrogen) atoms. The maximum absolute atomic E-state index is 12.0. The summed E-state index contributed by atoms with van der Waals surface area (Å²) in [6, 6.07) is 0. The number of nitrogens with one attached hydrogen (secondary N) is 2. The van der Waals surface area contributed by atoms with E-state index in [0.29, 0.717) is 0 Å². The number of unbranched alkanes of at least 4 members (excludes halogenated alkanes) is 1. The number of nitrogens with zero attached hydrogens (tertiary/aromatic N) is 2. The minimum absolute atomic E-state index is 0.0558. The molecule has 0 fully saturated rings. The fourth-order valence-corrected chi connectivity index (χ4v) is 2.55. The first-order chi connectivity index (χ1) is 12.4. The molecule has 2 amide bonds. The van der Waals surface area contributed by atoms with E-state index in [4.69, 9.17) is 0 Å². The molecule has 6 nitrogen and oxygen atoms in total. The Morgan fingerprint density at radius 3 is 1.27 bits per heavy atom. The van der Waals surface area contributed by atoms with Gasteiger partial charge in [-0.2, -0.15) is 0 Å². The van der Waals surface area contributed by atoms with E-state index < -0.39 is 0 Å². The molecule has 0 aliphatic heterocycles. The summed E-state index contributed by atoms with van der Waals surface area (Å²) >= 11 is 0. The van der Waals surface area contributed by atoms with Gasteiger partial charge in [0, 0.05) is 62.8 Å². The number of hydrogen-bond acceptors (Lipinski definition) is 4. The zero-order valence-electron chi connectivity index (χ0n) is 17.5. The molecule has 0 radical (unpaired) electrons. The Bertz CT molecular complexity index is 434. The number of allylic oxidation sites excluding steroid dienone is 2. The minimum Gasteiger partial charge on any atom is -0.388 e. The van der Waals surface area contributed by atoms with Crippen LogP contribution in [0.3, 0.4) is 0 Å². The van der Waals surface area contributed by atoms with E-state index >= 15 is 0 Å². The Labute approximate surface area is 159 Å². The largest absolute Gasteiger partial charge is 0.388 e. The maximum atomic E-state index is 12.0. The van der Waals surface area contributed by atoms with Crippen LogP contribution >= 0.6 is 0 Å². The van der Waals surface area contributed by atoms with Crippen LogP contribution in [0.15, 0.2) is 23.5 Å². The lowest BCUT2D eigenvalue weighted by molar-refractivity contribution is -0.126. The van der Waals surface area contributed by atoms with Gasteiger partial charge in [0.05, 0.1) is 0 Å². The fourth-order valence-electron chi connectivity index (χ4n) is 2.55. The Balaban J connectivity index is 4.03. The van der Waals surface area contributed by atoms with Crippen LogP contribution in [0.2, 0.25) is 0 Å². The van der Waals surface area contributed by atoms with E-state index in [1.54, 1.807) is 22.0 Å². The number of carbonyl (C=O) groups is 2. The van der Waals surface area contributed by atoms with Crippen molar-refractivity contribution in [2.45, 2.75) is 54.4 Å². The van der Waals surface area contributed by atoms with Gasteiger partial charge in [-0.1, -0.05) is 0 Å². The highest BCUT2D eigenvalue weighted by Crippen LogP contribution is 1.97. The number of hydrogen-bond donors (Lipinski definition) is 2. The second-order valence-corrected chi connectivity index (χ2v) is 6.24. The molecule has 0 aromatic carbocycles. The number of carbonyl (C=O) groups excluding carboxylic acids is 2. The van der Waals surface area contributed by atoms with Crippen LogP contribution in [0.1, 0.15) is 54.4 Å². The van der Waals surface area contributed by atoms with Gasteiger partial charge in [-0.25, -0.2) is 0 Å². The van der Waals surface area contributed by atoms with Gasteiger partial charge in [-0.3, -0.25) is 9.59 Å². The van der Waals surface area contributed by atoms with Crippen LogP contribution in [-0.4, -0.2) is 60.9 Å². The molecule has 0 bridgehead atoms. The quantitative estimate of drug-likeness (QED) is 0.388. The standard InChI is InChI=1S/C20H38N4O2/c1-7-23(8-2)19(25)15-17(5)21-13-11-12-14-22-18(6)16-20(26)24(9-3)10-4/h15-16,21-22H,7-14H2,1-6H3/b17-15-,18-16-. The smallest absolute Gasteiger partial charge is 0.248 e. The molecule has 0 aromatic heterocycles. The number of amides is 2. The molecular weight excluding hydrogens is 328 g/mol. The van der Waals surface area contributed by atoms with Crippen LogP contribution in [-0.2, 0) is 9.59 Å². The predicted molar refractivity (Wildman–Crippen MR) is 109 cm³/mol. The van der Waals surface area contributed by atoms with Crippen molar-refractivity contribution in [1.29, 1.82) is 0 Å². The highest BCUT2D eigenvalue weighted by atomic mass is 16.2. The second-order valence-electron chi connectivity index (χ2n) is 6.24. The molecule has 0 aromatic rings. The van der Waals surface area contributed by atoms with E-state index in [1.807, 2.05) is 41.5 Å². The van der Waals surface area contributed by atoms with Gasteiger partial charge in [0.15, 0.2) is 0 Å². The van der Waals surface area contributed by atoms with Crippen LogP contribution in [0, 0.1) is 0 Å². The zero-order chi connectivity index (χ0) is 19.9. The van der Waals surface area contributed by atoms with Gasteiger partial charge in [0.25, 0.3) is 0 Å². The molecule has 0 unspecified atom stereocenters. The molecule has 6 heteroatoms. The minimum atomic E-state index is 0.0558. The summed E-state index contributed by atoms with van der Waals surface area (Å²) in [5.41, 5.74) is 1.80. The summed E-state index contributed by atoms with van der Waals surface area (Å²) in [6.45, 7) is 16.4. The predicted octanol–water partition coefficient (Wildman–Crippen LogP) is 2.49. The molecule has 2 N–H and O–H groups in total. The van der Waals surface area contributed by atoms with E-state index in [9.17, 15) is 9.59 Å². The first-order valence-corrected chi connectivity index (χ1v) is 9.81. The molecule has 150 valence electrons. The Kier molecular flexibility index (Phi) is 13.1. The van der Waals surface area contributed by atoms with Crippen LogP contribution in [0.4, 0.5) is 0 Å². The molecule has 0 atom stereocenters. The van der Waals surface area contributed by atoms with Crippen molar-refractivity contribution < 1.29 is 9.59 Å². The molecule has 0 saturated heterocycles. The van der Waals surface area contributed by atoms with E-state index in [2.05, 4.69) is 10.6 Å². The highest BCUT2D eigenvalue weighted by molar-refractivity contribution is 5.88. The van der Waals surface area contributed by atoms with Crippen molar-refractivity contribution in [3.63, 3.8) is 0 Å². The van der Waals surface area contributed by atoms with Crippen molar-refractivity contribution in [3.8, 4) is 0 Å². The van der Waals surface area contributed by atoms with Gasteiger partial charge >= 0.3 is 0 Å². The van der Waals surface area contributed by atoms with Crippen molar-refractivity contribution in [1.82, 2.24) is 20.4 Å². The van der Waals surface area contributed by atoms with Crippen LogP contribution in [0.25, 0.3) is 0 Å². The third kappa shape index (κ3) is 10.1. The monoisotopic (exact) mass is 366 g/mol. The fraction of sp³-hybridized carbons (Fsp3) is 0.700. The lowest BCUT2D eigenvalue weighted by Gasteiger charge is -2.17. The Morgan fingerprint density at radius 1 is 0.692 bits per heavy atom. The third-order valence-electron chi connectivity index (χ3n) is 4.24. The topological polar surface area (TPSA) is 64.7 Å². The first kappa shape index (κ1) is 24.0. The number of likely N-dealkylation sites (N-methyl/N-ethyl adjacent to an activating group) is 2. The van der Waals surface area contributed by atoms with Crippen LogP contribution < -0.4 is 10.6 Å². The molecular formula is C20H38N4O2. The highest BCUT2D eigenvalue weighted by Gasteiger charge is 2.07. The van der Waals surface area contributed by atoms with E-state index in [0.717, 1.165) is 63.5 Å². The van der Waals surface area contributed by atoms with Gasteiger partial charge in [0.1, 0.15) is 0 Å². The molecule has 0 heterocycles. The Morgan fingerprint density at radius 2 is 1.00 bits per heavy atom. The molecule has 0 spiro atoms. The molecule has 0 aliphatic carbocycles. The normalized spacial score (nSPS) is 11.9. The molecule has 0 saturated carbocycles. The van der Waals surface area contributed by atoms with Gasteiger partial charge in [0.2, 0.25) is 11.8 Å². The average molecular weight is 367 g/mol. The zero-order valence-corrected chi connectivity index (χ0v) is 17.5. The van der Waals surface area contributed by atoms with Crippen molar-refractivity contribution in [2.24, 2.45) is 0 Å². The number of rotatable bonds is 13. The van der Waals surface area contributed by atoms with Crippen LogP contribution in [0.5, 0.6) is 0 Å². The van der Waals surface area contributed by atoms with E-state index in [1.165, 1.54) is 0 Å². The van der Waals surface area contributed by atoms with Gasteiger partial charge in [-0.15, -0.1) is 0 Å². The summed E-state index contributed by atoms with van der Waals surface area (Å²) in [4.78, 5) is 27.5. The molecule has 0 aliphatic rings. The Hall–Kier alpha value is -1.98. The lowest BCUT2D eigenvalue weighted by atomic mass is 10.3. The maximum Gasteiger partial charge on any atom is 0.248 e. The summed E-state index contributed by atoms with van der Waals surface area (Å²) in [5, 5.41) is 6.55. The van der Waals surface area contributed by atoms with Crippen molar-refractivity contribution in [2.75, 3.05) is 39.3 Å². The summed E-state index contributed by atoms with van der Waals surface area (Å²) < 4.78 is 0.